The van der Waals surface area contributed by atoms with Crippen molar-refractivity contribution in [2.24, 2.45) is 0 Å². The van der Waals surface area contributed by atoms with Crippen LogP contribution in [0.3, 0.4) is 0 Å². The number of rotatable bonds is 13. The molecule has 5 nitrogen and oxygen atoms in total. The number of hydrogen-bond acceptors (Lipinski definition) is 4. The van der Waals surface area contributed by atoms with Crippen molar-refractivity contribution in [3.63, 3.8) is 0 Å². The molecule has 0 saturated heterocycles. The van der Waals surface area contributed by atoms with Crippen molar-refractivity contribution in [3.05, 3.63) is 24.3 Å². The van der Waals surface area contributed by atoms with Crippen molar-refractivity contribution in [1.82, 2.24) is 4.72 Å². The first-order valence-corrected chi connectivity index (χ1v) is 10.5. The number of anilines is 1. The second-order valence-electron chi connectivity index (χ2n) is 6.20. The molecule has 0 radical (unpaired) electrons. The molecule has 0 fully saturated rings. The lowest BCUT2D eigenvalue weighted by molar-refractivity contribution is 0.309. The molecule has 0 atom stereocenters. The van der Waals surface area contributed by atoms with Gasteiger partial charge in [0.05, 0.1) is 11.9 Å². The predicted molar refractivity (Wildman–Crippen MR) is 101 cm³/mol. The van der Waals surface area contributed by atoms with E-state index in [-0.39, 0.29) is 5.25 Å². The summed E-state index contributed by atoms with van der Waals surface area (Å²) in [5.74, 6) is 0.909. The van der Waals surface area contributed by atoms with Crippen LogP contribution >= 0.6 is 0 Å². The van der Waals surface area contributed by atoms with E-state index in [2.05, 4.69) is 17.0 Å². The molecule has 0 unspecified atom stereocenters. The van der Waals surface area contributed by atoms with Gasteiger partial charge in [-0.2, -0.15) is 0 Å². The van der Waals surface area contributed by atoms with Gasteiger partial charge in [0.15, 0.2) is 0 Å². The van der Waals surface area contributed by atoms with Gasteiger partial charge in [0, 0.05) is 18.8 Å². The Bertz CT molecular complexity index is 542. The minimum absolute atomic E-state index is 0.368. The first-order valence-electron chi connectivity index (χ1n) is 8.91. The molecule has 0 bridgehead atoms. The summed E-state index contributed by atoms with van der Waals surface area (Å²) in [6.45, 7) is 7.69. The fourth-order valence-corrected chi connectivity index (χ4v) is 2.81. The van der Waals surface area contributed by atoms with E-state index >= 15 is 0 Å². The van der Waals surface area contributed by atoms with E-state index < -0.39 is 10.0 Å². The second-order valence-corrected chi connectivity index (χ2v) is 8.52. The van der Waals surface area contributed by atoms with Crippen LogP contribution in [0.4, 0.5) is 5.69 Å². The average Bonchev–Trinajstić information content (AvgIpc) is 2.55. The van der Waals surface area contributed by atoms with E-state index in [9.17, 15) is 8.42 Å². The topological polar surface area (TPSA) is 67.4 Å². The number of benzene rings is 1. The number of sulfonamides is 1. The lowest BCUT2D eigenvalue weighted by Gasteiger charge is -2.10. The Morgan fingerprint density at radius 1 is 1.00 bits per heavy atom. The summed E-state index contributed by atoms with van der Waals surface area (Å²) >= 11 is 0. The van der Waals surface area contributed by atoms with Crippen LogP contribution in [0.5, 0.6) is 5.75 Å². The Labute approximate surface area is 147 Å². The van der Waals surface area contributed by atoms with Gasteiger partial charge < -0.3 is 10.1 Å². The maximum Gasteiger partial charge on any atom is 0.213 e. The van der Waals surface area contributed by atoms with Gasteiger partial charge in [-0.25, -0.2) is 13.1 Å². The molecular formula is C18H32N2O3S. The molecule has 0 amide bonds. The van der Waals surface area contributed by atoms with Crippen LogP contribution in [-0.2, 0) is 10.0 Å². The van der Waals surface area contributed by atoms with Crippen LogP contribution in [0.25, 0.3) is 0 Å². The van der Waals surface area contributed by atoms with Crippen LogP contribution < -0.4 is 14.8 Å². The molecule has 1 rings (SSSR count). The Hall–Kier alpha value is -1.27. The van der Waals surface area contributed by atoms with Gasteiger partial charge in [-0.15, -0.1) is 0 Å². The second kappa shape index (κ2) is 11.3. The highest BCUT2D eigenvalue weighted by atomic mass is 32.2. The van der Waals surface area contributed by atoms with Gasteiger partial charge in [0.25, 0.3) is 0 Å². The van der Waals surface area contributed by atoms with Gasteiger partial charge in [-0.3, -0.25) is 0 Å². The Balaban J connectivity index is 2.11. The van der Waals surface area contributed by atoms with E-state index in [0.717, 1.165) is 56.7 Å². The van der Waals surface area contributed by atoms with Crippen molar-refractivity contribution in [1.29, 1.82) is 0 Å². The van der Waals surface area contributed by atoms with Crippen LogP contribution in [0.15, 0.2) is 24.3 Å². The maximum absolute atomic E-state index is 11.6. The smallest absolute Gasteiger partial charge is 0.213 e. The van der Waals surface area contributed by atoms with Crippen LogP contribution in [0.1, 0.15) is 52.9 Å². The molecule has 1 aromatic carbocycles. The molecule has 0 aliphatic carbocycles. The minimum atomic E-state index is -3.12. The van der Waals surface area contributed by atoms with Crippen molar-refractivity contribution < 1.29 is 13.2 Å². The number of hydrogen-bond donors (Lipinski definition) is 2. The number of nitrogens with one attached hydrogen (secondary N) is 2. The summed E-state index contributed by atoms with van der Waals surface area (Å²) < 4.78 is 31.4. The van der Waals surface area contributed by atoms with E-state index in [1.807, 2.05) is 24.3 Å². The zero-order valence-electron chi connectivity index (χ0n) is 15.2. The summed E-state index contributed by atoms with van der Waals surface area (Å²) in [4.78, 5) is 0. The highest BCUT2D eigenvalue weighted by molar-refractivity contribution is 7.90. The molecule has 24 heavy (non-hydrogen) atoms. The molecular weight excluding hydrogens is 324 g/mol. The number of unbranched alkanes of at least 4 members (excludes halogenated alkanes) is 3. The quantitative estimate of drug-likeness (QED) is 0.528. The van der Waals surface area contributed by atoms with Crippen molar-refractivity contribution in [3.8, 4) is 5.75 Å². The zero-order chi connectivity index (χ0) is 17.8. The minimum Gasteiger partial charge on any atom is -0.494 e. The van der Waals surface area contributed by atoms with Crippen LogP contribution in [0, 0.1) is 0 Å². The molecule has 0 spiro atoms. The van der Waals surface area contributed by atoms with Crippen molar-refractivity contribution in [2.75, 3.05) is 25.0 Å². The van der Waals surface area contributed by atoms with E-state index in [0.29, 0.717) is 6.54 Å². The Morgan fingerprint density at radius 3 is 2.29 bits per heavy atom. The summed E-state index contributed by atoms with van der Waals surface area (Å²) in [5, 5.41) is 3.00. The average molecular weight is 357 g/mol. The first kappa shape index (κ1) is 20.8. The lowest BCUT2D eigenvalue weighted by Crippen LogP contribution is -2.31. The third-order valence-corrected chi connectivity index (χ3v) is 5.58. The third-order valence-electron chi connectivity index (χ3n) is 3.73. The molecule has 0 saturated carbocycles. The Morgan fingerprint density at radius 2 is 1.67 bits per heavy atom. The van der Waals surface area contributed by atoms with Crippen molar-refractivity contribution >= 4 is 15.7 Å². The highest BCUT2D eigenvalue weighted by Gasteiger charge is 2.13. The molecule has 1 aromatic rings. The van der Waals surface area contributed by atoms with Gasteiger partial charge in [0.1, 0.15) is 5.75 Å². The van der Waals surface area contributed by atoms with E-state index in [1.54, 1.807) is 13.8 Å². The van der Waals surface area contributed by atoms with Crippen LogP contribution in [0.2, 0.25) is 0 Å². The summed E-state index contributed by atoms with van der Waals surface area (Å²) in [7, 11) is -3.12. The van der Waals surface area contributed by atoms with Gasteiger partial charge in [-0.05, 0) is 57.4 Å². The van der Waals surface area contributed by atoms with Gasteiger partial charge in [-0.1, -0.05) is 19.8 Å². The summed E-state index contributed by atoms with van der Waals surface area (Å²) in [6, 6.07) is 8.02. The summed E-state index contributed by atoms with van der Waals surface area (Å²) in [6.07, 6.45) is 5.08. The fourth-order valence-electron chi connectivity index (χ4n) is 2.04. The maximum atomic E-state index is 11.6. The monoisotopic (exact) mass is 356 g/mol. The lowest BCUT2D eigenvalue weighted by atomic mass is 10.2. The fraction of sp³-hybridized carbons (Fsp3) is 0.667. The SMILES string of the molecule is CCCCOc1ccc(NCCCCCNS(=O)(=O)C(C)C)cc1. The standard InChI is InChI=1S/C18H32N2O3S/c1-4-5-15-23-18-11-9-17(10-12-18)19-13-7-6-8-14-20-24(21,22)16(2)3/h9-12,16,19-20H,4-8,13-15H2,1-3H3. The van der Waals surface area contributed by atoms with Gasteiger partial charge >= 0.3 is 0 Å². The zero-order valence-corrected chi connectivity index (χ0v) is 16.0. The highest BCUT2D eigenvalue weighted by Crippen LogP contribution is 2.16. The van der Waals surface area contributed by atoms with Gasteiger partial charge in [0.2, 0.25) is 10.0 Å². The first-order chi connectivity index (χ1) is 11.5. The summed E-state index contributed by atoms with van der Waals surface area (Å²) in [5.41, 5.74) is 1.08. The molecule has 2 N–H and O–H groups in total. The predicted octanol–water partition coefficient (Wildman–Crippen LogP) is 3.78. The molecule has 0 aliphatic heterocycles. The molecule has 138 valence electrons. The van der Waals surface area contributed by atoms with E-state index in [1.165, 1.54) is 0 Å². The third kappa shape index (κ3) is 8.55. The van der Waals surface area contributed by atoms with Crippen LogP contribution in [-0.4, -0.2) is 33.4 Å². The van der Waals surface area contributed by atoms with Crippen molar-refractivity contribution in [2.45, 2.75) is 58.1 Å². The number of ether oxygens (including phenoxy) is 1. The molecule has 0 aromatic heterocycles. The Kier molecular flexibility index (Phi) is 9.79. The van der Waals surface area contributed by atoms with E-state index in [4.69, 9.17) is 4.74 Å². The largest absolute Gasteiger partial charge is 0.494 e. The molecule has 6 heteroatoms. The molecule has 0 heterocycles. The molecule has 0 aliphatic rings. The normalized spacial score (nSPS) is 11.7.